The first kappa shape index (κ1) is 18.0. The van der Waals surface area contributed by atoms with Crippen LogP contribution in [0.5, 0.6) is 0 Å². The van der Waals surface area contributed by atoms with Gasteiger partial charge in [-0.25, -0.2) is 4.79 Å². The second kappa shape index (κ2) is 7.21. The Morgan fingerprint density at radius 1 is 1.27 bits per heavy atom. The van der Waals surface area contributed by atoms with E-state index in [1.807, 2.05) is 6.92 Å². The van der Waals surface area contributed by atoms with E-state index >= 15 is 0 Å². The monoisotopic (exact) mass is 371 g/mol. The Labute approximate surface area is 154 Å². The van der Waals surface area contributed by atoms with Crippen LogP contribution in [0.2, 0.25) is 0 Å². The number of carboxylic acid groups (broad SMARTS) is 1. The summed E-state index contributed by atoms with van der Waals surface area (Å²) in [5.74, 6) is -0.378. The van der Waals surface area contributed by atoms with Crippen molar-refractivity contribution in [3.63, 3.8) is 0 Å². The van der Waals surface area contributed by atoms with Crippen LogP contribution in [0.1, 0.15) is 35.0 Å². The number of imide groups is 1. The third kappa shape index (κ3) is 3.30. The van der Waals surface area contributed by atoms with Crippen LogP contribution in [0, 0.1) is 6.92 Å². The van der Waals surface area contributed by atoms with Crippen molar-refractivity contribution in [2.24, 2.45) is 0 Å². The summed E-state index contributed by atoms with van der Waals surface area (Å²) in [6, 6.07) is 8.38. The zero-order valence-corrected chi connectivity index (χ0v) is 15.1. The van der Waals surface area contributed by atoms with Crippen LogP contribution in [0.4, 0.5) is 4.79 Å². The Bertz CT molecular complexity index is 928. The number of nitrogens with zero attached hydrogens (tertiary/aromatic N) is 1. The number of aromatic carboxylic acids is 1. The van der Waals surface area contributed by atoms with Crippen LogP contribution in [0.3, 0.4) is 0 Å². The van der Waals surface area contributed by atoms with E-state index < -0.39 is 5.97 Å². The molecule has 3 rings (SSSR count). The molecule has 1 fully saturated rings. The van der Waals surface area contributed by atoms with Crippen molar-refractivity contribution in [1.29, 1.82) is 0 Å². The number of benzene rings is 1. The largest absolute Gasteiger partial charge is 0.478 e. The molecule has 134 valence electrons. The van der Waals surface area contributed by atoms with E-state index in [4.69, 9.17) is 4.42 Å². The van der Waals surface area contributed by atoms with Crippen LogP contribution in [-0.2, 0) is 4.79 Å². The molecule has 0 radical (unpaired) electrons. The number of amides is 2. The molecule has 0 spiro atoms. The fourth-order valence-corrected chi connectivity index (χ4v) is 3.60. The van der Waals surface area contributed by atoms with Crippen molar-refractivity contribution < 1.29 is 23.9 Å². The third-order valence-electron chi connectivity index (χ3n) is 4.05. The van der Waals surface area contributed by atoms with Crippen molar-refractivity contribution in [3.05, 3.63) is 52.1 Å². The van der Waals surface area contributed by atoms with Gasteiger partial charge in [0.05, 0.1) is 10.5 Å². The molecule has 0 saturated carbocycles. The maximum absolute atomic E-state index is 12.3. The first-order valence-corrected chi connectivity index (χ1v) is 8.92. The molecule has 1 N–H and O–H groups in total. The lowest BCUT2D eigenvalue weighted by Gasteiger charge is -2.09. The minimum atomic E-state index is -0.999. The molecule has 6 nitrogen and oxygen atoms in total. The van der Waals surface area contributed by atoms with Crippen LogP contribution < -0.4 is 0 Å². The fourth-order valence-electron chi connectivity index (χ4n) is 2.76. The summed E-state index contributed by atoms with van der Waals surface area (Å²) in [6.07, 6.45) is 2.25. The van der Waals surface area contributed by atoms with Crippen LogP contribution in [0.25, 0.3) is 17.4 Å². The lowest BCUT2D eigenvalue weighted by molar-refractivity contribution is -0.122. The fraction of sp³-hybridized carbons (Fsp3) is 0.211. The molecule has 1 aromatic heterocycles. The van der Waals surface area contributed by atoms with E-state index in [1.165, 1.54) is 11.0 Å². The van der Waals surface area contributed by atoms with Gasteiger partial charge in [-0.15, -0.1) is 0 Å². The number of rotatable bonds is 5. The van der Waals surface area contributed by atoms with E-state index in [9.17, 15) is 19.5 Å². The number of thioether (sulfide) groups is 1. The molecule has 1 aliphatic heterocycles. The van der Waals surface area contributed by atoms with Gasteiger partial charge < -0.3 is 9.52 Å². The predicted molar refractivity (Wildman–Crippen MR) is 98.8 cm³/mol. The number of hydrogen-bond donors (Lipinski definition) is 1. The number of carboxylic acids is 1. The molecule has 7 heteroatoms. The number of carbonyl (C=O) groups is 3. The van der Waals surface area contributed by atoms with Crippen molar-refractivity contribution in [2.45, 2.75) is 20.3 Å². The highest BCUT2D eigenvalue weighted by Gasteiger charge is 2.34. The lowest BCUT2D eigenvalue weighted by Crippen LogP contribution is -2.28. The van der Waals surface area contributed by atoms with Gasteiger partial charge in [-0.1, -0.05) is 19.1 Å². The smallest absolute Gasteiger partial charge is 0.335 e. The van der Waals surface area contributed by atoms with Gasteiger partial charge in [-0.2, -0.15) is 0 Å². The van der Waals surface area contributed by atoms with E-state index in [0.29, 0.717) is 40.5 Å². The quantitative estimate of drug-likeness (QED) is 0.784. The van der Waals surface area contributed by atoms with E-state index in [2.05, 4.69) is 0 Å². The molecule has 0 aliphatic carbocycles. The van der Waals surface area contributed by atoms with Gasteiger partial charge in [-0.05, 0) is 48.9 Å². The van der Waals surface area contributed by atoms with Gasteiger partial charge in [0.2, 0.25) is 0 Å². The van der Waals surface area contributed by atoms with Crippen molar-refractivity contribution in [1.82, 2.24) is 4.90 Å². The Morgan fingerprint density at radius 3 is 2.73 bits per heavy atom. The summed E-state index contributed by atoms with van der Waals surface area (Å²) in [4.78, 5) is 37.0. The molecule has 2 heterocycles. The van der Waals surface area contributed by atoms with Crippen LogP contribution >= 0.6 is 11.8 Å². The van der Waals surface area contributed by atoms with E-state index in [1.54, 1.807) is 37.3 Å². The molecular weight excluding hydrogens is 354 g/mol. The van der Waals surface area contributed by atoms with Gasteiger partial charge in [0, 0.05) is 18.2 Å². The van der Waals surface area contributed by atoms with Gasteiger partial charge in [0.15, 0.2) is 0 Å². The maximum Gasteiger partial charge on any atom is 0.335 e. The van der Waals surface area contributed by atoms with Crippen molar-refractivity contribution >= 4 is 35.0 Å². The third-order valence-corrected chi connectivity index (χ3v) is 4.96. The Balaban J connectivity index is 1.90. The summed E-state index contributed by atoms with van der Waals surface area (Å²) in [6.45, 7) is 4.02. The zero-order chi connectivity index (χ0) is 18.8. The molecular formula is C19H17NO5S. The normalized spacial score (nSPS) is 15.9. The van der Waals surface area contributed by atoms with Crippen molar-refractivity contribution in [2.75, 3.05) is 6.54 Å². The summed E-state index contributed by atoms with van der Waals surface area (Å²) >= 11 is 0.892. The van der Waals surface area contributed by atoms with Gasteiger partial charge in [-0.3, -0.25) is 14.5 Å². The summed E-state index contributed by atoms with van der Waals surface area (Å²) < 4.78 is 5.76. The molecule has 0 unspecified atom stereocenters. The summed E-state index contributed by atoms with van der Waals surface area (Å²) in [7, 11) is 0. The highest BCUT2D eigenvalue weighted by Crippen LogP contribution is 2.34. The minimum absolute atomic E-state index is 0.209. The molecule has 26 heavy (non-hydrogen) atoms. The first-order valence-electron chi connectivity index (χ1n) is 8.11. The second-order valence-corrected chi connectivity index (χ2v) is 6.81. The average Bonchev–Trinajstić information content (AvgIpc) is 3.15. The van der Waals surface area contributed by atoms with Gasteiger partial charge in [0.25, 0.3) is 11.1 Å². The standard InChI is InChI=1S/C19H17NO5S/c1-3-9-20-17(21)16(26-19(20)24)10-12-7-8-15(25-12)13-5-4-6-14(11(13)2)18(22)23/h4-8,10H,3,9H2,1-2H3,(H,22,23)/b16-10+. The topological polar surface area (TPSA) is 87.8 Å². The SMILES string of the molecule is CCCN1C(=O)S/C(=C/c2ccc(-c3cccc(C(=O)O)c3C)o2)C1=O. The maximum atomic E-state index is 12.3. The Morgan fingerprint density at radius 2 is 2.04 bits per heavy atom. The number of hydrogen-bond acceptors (Lipinski definition) is 5. The predicted octanol–water partition coefficient (Wildman–Crippen LogP) is 4.40. The van der Waals surface area contributed by atoms with Gasteiger partial charge >= 0.3 is 5.97 Å². The molecule has 2 amide bonds. The molecule has 1 saturated heterocycles. The van der Waals surface area contributed by atoms with E-state index in [-0.39, 0.29) is 16.7 Å². The van der Waals surface area contributed by atoms with E-state index in [0.717, 1.165) is 11.8 Å². The molecule has 1 aromatic carbocycles. The summed E-state index contributed by atoms with van der Waals surface area (Å²) in [5, 5.41) is 8.96. The van der Waals surface area contributed by atoms with Crippen LogP contribution in [-0.4, -0.2) is 33.7 Å². The Hall–Kier alpha value is -2.80. The molecule has 0 atom stereocenters. The lowest BCUT2D eigenvalue weighted by atomic mass is 10.0. The highest BCUT2D eigenvalue weighted by molar-refractivity contribution is 8.18. The van der Waals surface area contributed by atoms with Crippen molar-refractivity contribution in [3.8, 4) is 11.3 Å². The molecule has 0 bridgehead atoms. The molecule has 2 aromatic rings. The highest BCUT2D eigenvalue weighted by atomic mass is 32.2. The zero-order valence-electron chi connectivity index (χ0n) is 14.3. The second-order valence-electron chi connectivity index (χ2n) is 5.82. The first-order chi connectivity index (χ1) is 12.4. The number of carbonyl (C=O) groups excluding carboxylic acids is 2. The summed E-state index contributed by atoms with van der Waals surface area (Å²) in [5.41, 5.74) is 1.48. The molecule has 1 aliphatic rings. The Kier molecular flexibility index (Phi) is 4.99. The average molecular weight is 371 g/mol. The number of furan rings is 1. The minimum Gasteiger partial charge on any atom is -0.478 e. The van der Waals surface area contributed by atoms with Crippen LogP contribution in [0.15, 0.2) is 39.7 Å². The van der Waals surface area contributed by atoms with Gasteiger partial charge in [0.1, 0.15) is 11.5 Å².